The Morgan fingerprint density at radius 2 is 2.19 bits per heavy atom. The number of hydrogen-bond acceptors (Lipinski definition) is 7. The van der Waals surface area contributed by atoms with Crippen LogP contribution in [0.5, 0.6) is 0 Å². The van der Waals surface area contributed by atoms with E-state index in [1.54, 1.807) is 6.20 Å². The molecule has 0 saturated carbocycles. The van der Waals surface area contributed by atoms with Crippen LogP contribution in [0.3, 0.4) is 0 Å². The molecule has 1 atom stereocenters. The van der Waals surface area contributed by atoms with Gasteiger partial charge in [-0.3, -0.25) is 9.69 Å². The fourth-order valence-electron chi connectivity index (χ4n) is 2.93. The zero-order valence-corrected chi connectivity index (χ0v) is 11.6. The summed E-state index contributed by atoms with van der Waals surface area (Å²) in [4.78, 5) is 19.7. The molecule has 9 heteroatoms. The molecule has 0 aliphatic carbocycles. The molecular formula is C12H18N8O. The SMILES string of the molecule is NC(=O)C1=NC=CNC1(Cn1ncnn1)N1CCCCC1. The van der Waals surface area contributed by atoms with E-state index in [-0.39, 0.29) is 5.71 Å². The second-order valence-electron chi connectivity index (χ2n) is 5.18. The Balaban J connectivity index is 1.98. The van der Waals surface area contributed by atoms with Crippen molar-refractivity contribution in [1.82, 2.24) is 30.4 Å². The first-order valence-electron chi connectivity index (χ1n) is 6.99. The Hall–Kier alpha value is -2.29. The predicted molar refractivity (Wildman–Crippen MR) is 74.9 cm³/mol. The van der Waals surface area contributed by atoms with Crippen molar-refractivity contribution in [2.75, 3.05) is 13.1 Å². The summed E-state index contributed by atoms with van der Waals surface area (Å²) in [5.41, 5.74) is 5.01. The van der Waals surface area contributed by atoms with E-state index in [0.717, 1.165) is 25.9 Å². The Bertz CT molecular complexity index is 560. The third kappa shape index (κ3) is 2.51. The smallest absolute Gasteiger partial charge is 0.267 e. The standard InChI is InChI=1S/C12H18N8O/c13-11(21)10-12(15-5-4-14-10,8-20-17-9-16-18-20)19-6-2-1-3-7-19/h4-5,9,15H,1-3,6-8H2,(H2,13,21). The average molecular weight is 290 g/mol. The number of carbonyl (C=O) groups is 1. The summed E-state index contributed by atoms with van der Waals surface area (Å²) in [6.07, 6.45) is 7.96. The van der Waals surface area contributed by atoms with E-state index in [1.165, 1.54) is 23.7 Å². The van der Waals surface area contributed by atoms with Gasteiger partial charge in [-0.15, -0.1) is 10.2 Å². The highest BCUT2D eigenvalue weighted by atomic mass is 16.1. The average Bonchev–Trinajstić information content (AvgIpc) is 3.01. The van der Waals surface area contributed by atoms with Gasteiger partial charge >= 0.3 is 0 Å². The van der Waals surface area contributed by atoms with Crippen LogP contribution in [0.15, 0.2) is 23.7 Å². The van der Waals surface area contributed by atoms with Crippen molar-refractivity contribution in [3.63, 3.8) is 0 Å². The number of carbonyl (C=O) groups excluding carboxylic acids is 1. The lowest BCUT2D eigenvalue weighted by atomic mass is 9.96. The quantitative estimate of drug-likeness (QED) is 0.724. The maximum absolute atomic E-state index is 11.9. The van der Waals surface area contributed by atoms with E-state index in [4.69, 9.17) is 5.73 Å². The number of hydrogen-bond donors (Lipinski definition) is 2. The van der Waals surface area contributed by atoms with Gasteiger partial charge in [0.25, 0.3) is 5.91 Å². The highest BCUT2D eigenvalue weighted by molar-refractivity contribution is 6.42. The van der Waals surface area contributed by atoms with Crippen molar-refractivity contribution in [1.29, 1.82) is 0 Å². The number of nitrogens with zero attached hydrogens (tertiary/aromatic N) is 6. The summed E-state index contributed by atoms with van der Waals surface area (Å²) in [6.45, 7) is 2.04. The van der Waals surface area contributed by atoms with Gasteiger partial charge < -0.3 is 11.1 Å². The summed E-state index contributed by atoms with van der Waals surface area (Å²) in [5.74, 6) is -0.544. The van der Waals surface area contributed by atoms with E-state index in [9.17, 15) is 4.79 Å². The molecule has 0 spiro atoms. The maximum atomic E-state index is 11.9. The first-order valence-corrected chi connectivity index (χ1v) is 6.99. The Morgan fingerprint density at radius 3 is 2.86 bits per heavy atom. The number of primary amides is 1. The number of rotatable bonds is 4. The molecule has 2 aliphatic heterocycles. The van der Waals surface area contributed by atoms with Crippen molar-refractivity contribution in [2.45, 2.75) is 31.5 Å². The molecule has 0 aromatic carbocycles. The highest BCUT2D eigenvalue weighted by Crippen LogP contribution is 2.24. The number of aromatic nitrogens is 4. The molecule has 3 rings (SSSR count). The fraction of sp³-hybridized carbons (Fsp3) is 0.583. The van der Waals surface area contributed by atoms with Crippen molar-refractivity contribution >= 4 is 11.6 Å². The van der Waals surface area contributed by atoms with Crippen LogP contribution < -0.4 is 11.1 Å². The van der Waals surface area contributed by atoms with E-state index in [1.807, 2.05) is 0 Å². The summed E-state index contributed by atoms with van der Waals surface area (Å²) < 4.78 is 0. The van der Waals surface area contributed by atoms with Crippen LogP contribution in [-0.4, -0.2) is 55.5 Å². The number of nitrogens with one attached hydrogen (secondary N) is 1. The van der Waals surface area contributed by atoms with Crippen molar-refractivity contribution < 1.29 is 4.79 Å². The topological polar surface area (TPSA) is 114 Å². The molecule has 1 aromatic rings. The van der Waals surface area contributed by atoms with E-state index >= 15 is 0 Å². The van der Waals surface area contributed by atoms with Gasteiger partial charge in [-0.05, 0) is 18.1 Å². The van der Waals surface area contributed by atoms with Gasteiger partial charge in [-0.2, -0.15) is 4.80 Å². The number of nitrogens with two attached hydrogens (primary N) is 1. The van der Waals surface area contributed by atoms with E-state index < -0.39 is 11.6 Å². The minimum absolute atomic E-state index is 0.282. The molecule has 1 aromatic heterocycles. The van der Waals surface area contributed by atoms with Crippen LogP contribution >= 0.6 is 0 Å². The Labute approximate surface area is 121 Å². The lowest BCUT2D eigenvalue weighted by Gasteiger charge is -2.46. The highest BCUT2D eigenvalue weighted by Gasteiger charge is 2.46. The van der Waals surface area contributed by atoms with Crippen molar-refractivity contribution in [2.24, 2.45) is 10.7 Å². The van der Waals surface area contributed by atoms with Crippen molar-refractivity contribution in [3.05, 3.63) is 18.7 Å². The van der Waals surface area contributed by atoms with Gasteiger partial charge in [0.1, 0.15) is 12.3 Å². The molecule has 21 heavy (non-hydrogen) atoms. The fourth-order valence-corrected chi connectivity index (χ4v) is 2.93. The molecule has 0 bridgehead atoms. The molecule has 2 aliphatic rings. The Morgan fingerprint density at radius 1 is 1.38 bits per heavy atom. The largest absolute Gasteiger partial charge is 0.365 e. The minimum Gasteiger partial charge on any atom is -0.365 e. The van der Waals surface area contributed by atoms with Gasteiger partial charge in [0, 0.05) is 25.5 Å². The van der Waals surface area contributed by atoms with Gasteiger partial charge in [-0.1, -0.05) is 6.42 Å². The van der Waals surface area contributed by atoms with Gasteiger partial charge in [0.05, 0.1) is 0 Å². The van der Waals surface area contributed by atoms with Crippen LogP contribution in [0.1, 0.15) is 19.3 Å². The summed E-state index contributed by atoms with van der Waals surface area (Å²) in [5, 5.41) is 14.9. The van der Waals surface area contributed by atoms with Crippen LogP contribution in [0.4, 0.5) is 0 Å². The second-order valence-corrected chi connectivity index (χ2v) is 5.18. The normalized spacial score (nSPS) is 26.2. The molecule has 0 radical (unpaired) electrons. The third-order valence-corrected chi connectivity index (χ3v) is 3.88. The molecule has 112 valence electrons. The van der Waals surface area contributed by atoms with Crippen LogP contribution in [0.2, 0.25) is 0 Å². The Kier molecular flexibility index (Phi) is 3.65. The second kappa shape index (κ2) is 5.60. The number of tetrazole rings is 1. The summed E-state index contributed by atoms with van der Waals surface area (Å²) >= 11 is 0. The summed E-state index contributed by atoms with van der Waals surface area (Å²) in [6, 6.07) is 0. The first kappa shape index (κ1) is 13.7. The van der Waals surface area contributed by atoms with Crippen molar-refractivity contribution in [3.8, 4) is 0 Å². The number of piperidine rings is 1. The van der Waals surface area contributed by atoms with E-state index in [2.05, 4.69) is 30.6 Å². The third-order valence-electron chi connectivity index (χ3n) is 3.88. The molecule has 1 unspecified atom stereocenters. The molecule has 3 heterocycles. The number of aliphatic imine (C=N–C) groups is 1. The lowest BCUT2D eigenvalue weighted by molar-refractivity contribution is -0.113. The van der Waals surface area contributed by atoms with Gasteiger partial charge in [0.2, 0.25) is 0 Å². The molecule has 1 fully saturated rings. The molecule has 9 nitrogen and oxygen atoms in total. The zero-order valence-electron chi connectivity index (χ0n) is 11.6. The van der Waals surface area contributed by atoms with E-state index in [0.29, 0.717) is 6.54 Å². The van der Waals surface area contributed by atoms with Gasteiger partial charge in [-0.25, -0.2) is 4.99 Å². The first-order chi connectivity index (χ1) is 10.2. The molecule has 3 N–H and O–H groups in total. The van der Waals surface area contributed by atoms with Crippen LogP contribution in [-0.2, 0) is 11.3 Å². The lowest BCUT2D eigenvalue weighted by Crippen LogP contribution is -2.69. The monoisotopic (exact) mass is 290 g/mol. The number of likely N-dealkylation sites (tertiary alicyclic amines) is 1. The maximum Gasteiger partial charge on any atom is 0.267 e. The van der Waals surface area contributed by atoms with Crippen LogP contribution in [0, 0.1) is 0 Å². The van der Waals surface area contributed by atoms with Crippen LogP contribution in [0.25, 0.3) is 0 Å². The van der Waals surface area contributed by atoms with Gasteiger partial charge in [0.15, 0.2) is 12.0 Å². The number of amides is 1. The molecule has 1 saturated heterocycles. The molecule has 1 amide bonds. The zero-order chi connectivity index (χ0) is 14.7. The molecular weight excluding hydrogens is 272 g/mol. The summed E-state index contributed by atoms with van der Waals surface area (Å²) in [7, 11) is 0. The minimum atomic E-state index is -0.818. The predicted octanol–water partition coefficient (Wildman–Crippen LogP) is -1.14.